The zero-order chi connectivity index (χ0) is 19.1. The number of nitrogens with zero attached hydrogens (tertiary/aromatic N) is 2. The first-order valence-corrected chi connectivity index (χ1v) is 9.75. The lowest BCUT2D eigenvalue weighted by molar-refractivity contribution is 0.102. The molecule has 1 saturated heterocycles. The predicted molar refractivity (Wildman–Crippen MR) is 110 cm³/mol. The highest BCUT2D eigenvalue weighted by molar-refractivity contribution is 6.04. The molecule has 5 nitrogen and oxygen atoms in total. The van der Waals surface area contributed by atoms with E-state index in [1.807, 2.05) is 42.5 Å². The Kier molecular flexibility index (Phi) is 6.85. The van der Waals surface area contributed by atoms with Gasteiger partial charge in [-0.15, -0.1) is 0 Å². The lowest BCUT2D eigenvalue weighted by Crippen LogP contribution is -2.36. The minimum absolute atomic E-state index is 0.0801. The van der Waals surface area contributed by atoms with Crippen molar-refractivity contribution in [2.45, 2.75) is 20.4 Å². The summed E-state index contributed by atoms with van der Waals surface area (Å²) < 4.78 is 5.41. The lowest BCUT2D eigenvalue weighted by Gasteiger charge is -2.29. The van der Waals surface area contributed by atoms with Crippen LogP contribution in [0.4, 0.5) is 11.4 Å². The van der Waals surface area contributed by atoms with Crippen LogP contribution in [-0.4, -0.2) is 50.2 Å². The summed E-state index contributed by atoms with van der Waals surface area (Å²) in [5.41, 5.74) is 3.83. The summed E-state index contributed by atoms with van der Waals surface area (Å²) in [6.07, 6.45) is 0. The van der Waals surface area contributed by atoms with Crippen LogP contribution in [0.25, 0.3) is 0 Å². The van der Waals surface area contributed by atoms with Gasteiger partial charge in [-0.3, -0.25) is 9.69 Å². The summed E-state index contributed by atoms with van der Waals surface area (Å²) in [7, 11) is 0. The maximum Gasteiger partial charge on any atom is 0.255 e. The number of morpholine rings is 1. The van der Waals surface area contributed by atoms with Gasteiger partial charge in [0.05, 0.1) is 13.2 Å². The SMILES string of the molecule is CCN(CC)Cc1ccc(C(=O)Nc2cccc(N3CCOCC3)c2)cc1. The van der Waals surface area contributed by atoms with Crippen LogP contribution >= 0.6 is 0 Å². The van der Waals surface area contributed by atoms with Crippen molar-refractivity contribution in [3.05, 3.63) is 59.7 Å². The number of hydrogen-bond donors (Lipinski definition) is 1. The third-order valence-electron chi connectivity index (χ3n) is 5.00. The number of amides is 1. The van der Waals surface area contributed by atoms with Crippen molar-refractivity contribution in [3.8, 4) is 0 Å². The number of hydrogen-bond acceptors (Lipinski definition) is 4. The molecule has 0 saturated carbocycles. The third kappa shape index (κ3) is 5.31. The first-order valence-electron chi connectivity index (χ1n) is 9.75. The van der Waals surface area contributed by atoms with Crippen molar-refractivity contribution in [1.29, 1.82) is 0 Å². The Balaban J connectivity index is 1.63. The van der Waals surface area contributed by atoms with Crippen molar-refractivity contribution in [2.75, 3.05) is 49.6 Å². The fourth-order valence-electron chi connectivity index (χ4n) is 3.27. The van der Waals surface area contributed by atoms with Gasteiger partial charge < -0.3 is 15.0 Å². The average molecular weight is 367 g/mol. The van der Waals surface area contributed by atoms with Gasteiger partial charge in [-0.05, 0) is 49.0 Å². The summed E-state index contributed by atoms with van der Waals surface area (Å²) in [6.45, 7) is 10.5. The minimum atomic E-state index is -0.0801. The van der Waals surface area contributed by atoms with Crippen LogP contribution in [0.2, 0.25) is 0 Å². The van der Waals surface area contributed by atoms with Crippen LogP contribution in [0, 0.1) is 0 Å². The third-order valence-corrected chi connectivity index (χ3v) is 5.00. The van der Waals surface area contributed by atoms with E-state index in [2.05, 4.69) is 35.0 Å². The first kappa shape index (κ1) is 19.4. The second kappa shape index (κ2) is 9.53. The quantitative estimate of drug-likeness (QED) is 0.812. The predicted octanol–water partition coefficient (Wildman–Crippen LogP) is 3.62. The molecule has 1 fully saturated rings. The van der Waals surface area contributed by atoms with Gasteiger partial charge >= 0.3 is 0 Å². The molecule has 0 atom stereocenters. The van der Waals surface area contributed by atoms with Crippen LogP contribution in [0.3, 0.4) is 0 Å². The zero-order valence-electron chi connectivity index (χ0n) is 16.3. The van der Waals surface area contributed by atoms with Gasteiger partial charge in [0.15, 0.2) is 0 Å². The van der Waals surface area contributed by atoms with Crippen LogP contribution in [0.1, 0.15) is 29.8 Å². The molecule has 2 aromatic carbocycles. The van der Waals surface area contributed by atoms with Gasteiger partial charge in [0.2, 0.25) is 0 Å². The number of carbonyl (C=O) groups is 1. The zero-order valence-corrected chi connectivity index (χ0v) is 16.3. The van der Waals surface area contributed by atoms with Crippen molar-refractivity contribution in [3.63, 3.8) is 0 Å². The molecule has 1 N–H and O–H groups in total. The molecule has 0 aromatic heterocycles. The van der Waals surface area contributed by atoms with Crippen LogP contribution < -0.4 is 10.2 Å². The highest BCUT2D eigenvalue weighted by Gasteiger charge is 2.12. The van der Waals surface area contributed by atoms with Gasteiger partial charge in [0, 0.05) is 36.6 Å². The van der Waals surface area contributed by atoms with E-state index in [0.717, 1.165) is 57.3 Å². The van der Waals surface area contributed by atoms with Crippen molar-refractivity contribution in [2.24, 2.45) is 0 Å². The molecule has 5 heteroatoms. The molecule has 0 spiro atoms. The Labute approximate surface area is 161 Å². The molecule has 1 amide bonds. The Morgan fingerprint density at radius 1 is 1.07 bits per heavy atom. The molecule has 27 heavy (non-hydrogen) atoms. The largest absolute Gasteiger partial charge is 0.378 e. The summed E-state index contributed by atoms with van der Waals surface area (Å²) in [5.74, 6) is -0.0801. The average Bonchev–Trinajstić information content (AvgIpc) is 2.73. The smallest absolute Gasteiger partial charge is 0.255 e. The molecular formula is C22H29N3O2. The Morgan fingerprint density at radius 3 is 2.44 bits per heavy atom. The van der Waals surface area contributed by atoms with E-state index in [9.17, 15) is 4.79 Å². The van der Waals surface area contributed by atoms with E-state index in [-0.39, 0.29) is 5.91 Å². The summed E-state index contributed by atoms with van der Waals surface area (Å²) >= 11 is 0. The van der Waals surface area contributed by atoms with Gasteiger partial charge in [0.25, 0.3) is 5.91 Å². The van der Waals surface area contributed by atoms with Gasteiger partial charge in [-0.2, -0.15) is 0 Å². The maximum absolute atomic E-state index is 12.6. The molecule has 0 bridgehead atoms. The molecule has 0 radical (unpaired) electrons. The molecule has 2 aromatic rings. The topological polar surface area (TPSA) is 44.8 Å². The fraction of sp³-hybridized carbons (Fsp3) is 0.409. The molecule has 1 aliphatic rings. The second-order valence-electron chi connectivity index (χ2n) is 6.76. The van der Waals surface area contributed by atoms with E-state index in [0.29, 0.717) is 5.56 Å². The van der Waals surface area contributed by atoms with E-state index in [1.54, 1.807) is 0 Å². The molecule has 1 heterocycles. The molecule has 144 valence electrons. The second-order valence-corrected chi connectivity index (χ2v) is 6.76. The van der Waals surface area contributed by atoms with E-state index < -0.39 is 0 Å². The minimum Gasteiger partial charge on any atom is -0.378 e. The van der Waals surface area contributed by atoms with Gasteiger partial charge in [0.1, 0.15) is 0 Å². The van der Waals surface area contributed by atoms with Crippen molar-refractivity contribution < 1.29 is 9.53 Å². The molecule has 3 rings (SSSR count). The molecule has 0 aliphatic carbocycles. The van der Waals surface area contributed by atoms with E-state index >= 15 is 0 Å². The highest BCUT2D eigenvalue weighted by Crippen LogP contribution is 2.21. The lowest BCUT2D eigenvalue weighted by atomic mass is 10.1. The maximum atomic E-state index is 12.6. The van der Waals surface area contributed by atoms with Gasteiger partial charge in [-0.25, -0.2) is 0 Å². The van der Waals surface area contributed by atoms with Crippen molar-refractivity contribution >= 4 is 17.3 Å². The number of rotatable bonds is 7. The fourth-order valence-corrected chi connectivity index (χ4v) is 3.27. The Hall–Kier alpha value is -2.37. The molecule has 1 aliphatic heterocycles. The molecular weight excluding hydrogens is 338 g/mol. The Bertz CT molecular complexity index is 735. The van der Waals surface area contributed by atoms with Gasteiger partial charge in [-0.1, -0.05) is 32.0 Å². The molecule has 0 unspecified atom stereocenters. The number of anilines is 2. The summed E-state index contributed by atoms with van der Waals surface area (Å²) in [4.78, 5) is 17.2. The Morgan fingerprint density at radius 2 is 1.78 bits per heavy atom. The number of nitrogens with one attached hydrogen (secondary N) is 1. The summed E-state index contributed by atoms with van der Waals surface area (Å²) in [5, 5.41) is 3.01. The summed E-state index contributed by atoms with van der Waals surface area (Å²) in [6, 6.07) is 15.9. The number of carbonyl (C=O) groups excluding carboxylic acids is 1. The van der Waals surface area contributed by atoms with Crippen molar-refractivity contribution in [1.82, 2.24) is 4.90 Å². The first-order chi connectivity index (χ1) is 13.2. The normalized spacial score (nSPS) is 14.4. The van der Waals surface area contributed by atoms with E-state index in [4.69, 9.17) is 4.74 Å². The standard InChI is InChI=1S/C22H29N3O2/c1-3-24(4-2)17-18-8-10-19(11-9-18)22(26)23-20-6-5-7-21(16-20)25-12-14-27-15-13-25/h5-11,16H,3-4,12-15,17H2,1-2H3,(H,23,26). The highest BCUT2D eigenvalue weighted by atomic mass is 16.5. The monoisotopic (exact) mass is 367 g/mol. The van der Waals surface area contributed by atoms with Crippen LogP contribution in [0.5, 0.6) is 0 Å². The van der Waals surface area contributed by atoms with Crippen LogP contribution in [-0.2, 0) is 11.3 Å². The number of ether oxygens (including phenoxy) is 1. The number of benzene rings is 2. The van der Waals surface area contributed by atoms with Crippen LogP contribution in [0.15, 0.2) is 48.5 Å². The van der Waals surface area contributed by atoms with E-state index in [1.165, 1.54) is 5.56 Å².